The van der Waals surface area contributed by atoms with E-state index in [1.807, 2.05) is 24.3 Å². The number of H-pyrrole nitrogens is 1. The van der Waals surface area contributed by atoms with Crippen LogP contribution in [0, 0.1) is 0 Å². The maximum Gasteiger partial charge on any atom is 0.343 e. The molecule has 2 N–H and O–H groups in total. The van der Waals surface area contributed by atoms with Crippen molar-refractivity contribution < 1.29 is 28.9 Å². The lowest BCUT2D eigenvalue weighted by atomic mass is 9.85. The number of aromatic nitrogens is 1. The van der Waals surface area contributed by atoms with Crippen LogP contribution in [0.3, 0.4) is 0 Å². The van der Waals surface area contributed by atoms with Crippen molar-refractivity contribution >= 4 is 22.7 Å². The van der Waals surface area contributed by atoms with E-state index in [1.54, 1.807) is 19.2 Å². The van der Waals surface area contributed by atoms with Crippen LogP contribution in [0.5, 0.6) is 11.5 Å². The first kappa shape index (κ1) is 20.9. The van der Waals surface area contributed by atoms with E-state index in [0.29, 0.717) is 11.3 Å². The SMILES string of the molecule is COC(=O)C[C@H](c1c(O)c(C(=O)OC)c[nH]c1=O)c1ccc(OC)c2ccccc12. The number of carbonyl (C=O) groups is 2. The van der Waals surface area contributed by atoms with Crippen molar-refractivity contribution in [2.45, 2.75) is 12.3 Å². The number of benzene rings is 2. The maximum atomic E-state index is 12.7. The summed E-state index contributed by atoms with van der Waals surface area (Å²) in [5.41, 5.74) is -0.369. The van der Waals surface area contributed by atoms with Crippen LogP contribution in [0.15, 0.2) is 47.4 Å². The number of pyridine rings is 1. The quantitative estimate of drug-likeness (QED) is 0.599. The van der Waals surface area contributed by atoms with Crippen molar-refractivity contribution in [3.63, 3.8) is 0 Å². The van der Waals surface area contributed by atoms with E-state index < -0.39 is 29.2 Å². The molecule has 8 heteroatoms. The smallest absolute Gasteiger partial charge is 0.343 e. The molecule has 0 amide bonds. The minimum atomic E-state index is -0.887. The Morgan fingerprint density at radius 3 is 2.37 bits per heavy atom. The summed E-state index contributed by atoms with van der Waals surface area (Å²) in [5.74, 6) is -2.21. The fourth-order valence-electron chi connectivity index (χ4n) is 3.52. The highest BCUT2D eigenvalue weighted by Gasteiger charge is 2.29. The molecule has 0 bridgehead atoms. The molecule has 1 atom stereocenters. The number of nitrogens with one attached hydrogen (secondary N) is 1. The highest BCUT2D eigenvalue weighted by atomic mass is 16.5. The molecular weight excluding hydrogens is 390 g/mol. The highest BCUT2D eigenvalue weighted by molar-refractivity contribution is 5.94. The fraction of sp³-hybridized carbons (Fsp3) is 0.227. The van der Waals surface area contributed by atoms with E-state index in [4.69, 9.17) is 9.47 Å². The van der Waals surface area contributed by atoms with E-state index in [1.165, 1.54) is 7.11 Å². The molecule has 0 unspecified atom stereocenters. The summed E-state index contributed by atoms with van der Waals surface area (Å²) in [7, 11) is 3.94. The minimum Gasteiger partial charge on any atom is -0.506 e. The molecule has 1 heterocycles. The number of methoxy groups -OCH3 is 3. The van der Waals surface area contributed by atoms with Gasteiger partial charge in [0.2, 0.25) is 0 Å². The number of rotatable bonds is 6. The van der Waals surface area contributed by atoms with Gasteiger partial charge in [-0.25, -0.2) is 4.79 Å². The number of esters is 2. The van der Waals surface area contributed by atoms with Crippen LogP contribution in [0.25, 0.3) is 10.8 Å². The third-order valence-corrected chi connectivity index (χ3v) is 4.97. The summed E-state index contributed by atoms with van der Waals surface area (Å²) in [6, 6.07) is 10.8. The van der Waals surface area contributed by atoms with Gasteiger partial charge in [-0.1, -0.05) is 30.3 Å². The average Bonchev–Trinajstić information content (AvgIpc) is 2.77. The summed E-state index contributed by atoms with van der Waals surface area (Å²) >= 11 is 0. The second-order valence-corrected chi connectivity index (χ2v) is 6.52. The van der Waals surface area contributed by atoms with E-state index in [2.05, 4.69) is 9.72 Å². The Hall–Kier alpha value is -3.81. The zero-order valence-corrected chi connectivity index (χ0v) is 16.7. The molecule has 0 saturated carbocycles. The zero-order valence-electron chi connectivity index (χ0n) is 16.7. The van der Waals surface area contributed by atoms with Gasteiger partial charge in [-0.15, -0.1) is 0 Å². The topological polar surface area (TPSA) is 115 Å². The van der Waals surface area contributed by atoms with Gasteiger partial charge in [0.05, 0.1) is 33.3 Å². The van der Waals surface area contributed by atoms with Gasteiger partial charge in [0.1, 0.15) is 17.1 Å². The van der Waals surface area contributed by atoms with Crippen molar-refractivity contribution in [2.75, 3.05) is 21.3 Å². The van der Waals surface area contributed by atoms with Crippen molar-refractivity contribution in [1.82, 2.24) is 4.98 Å². The maximum absolute atomic E-state index is 12.7. The van der Waals surface area contributed by atoms with Gasteiger partial charge in [-0.3, -0.25) is 9.59 Å². The zero-order chi connectivity index (χ0) is 21.8. The first-order valence-electron chi connectivity index (χ1n) is 9.08. The van der Waals surface area contributed by atoms with Gasteiger partial charge in [-0.05, 0) is 17.0 Å². The number of carbonyl (C=O) groups excluding carboxylic acids is 2. The molecule has 0 aliphatic carbocycles. The molecule has 0 fully saturated rings. The minimum absolute atomic E-state index is 0.126. The monoisotopic (exact) mass is 411 g/mol. The number of aromatic hydroxyl groups is 1. The van der Waals surface area contributed by atoms with Crippen molar-refractivity contribution in [3.8, 4) is 11.5 Å². The number of hydrogen-bond donors (Lipinski definition) is 2. The molecule has 0 radical (unpaired) electrons. The molecular formula is C22H21NO7. The summed E-state index contributed by atoms with van der Waals surface area (Å²) in [4.78, 5) is 39.4. The molecule has 3 aromatic rings. The van der Waals surface area contributed by atoms with Crippen LogP contribution >= 0.6 is 0 Å². The number of ether oxygens (including phenoxy) is 3. The lowest BCUT2D eigenvalue weighted by Gasteiger charge is -2.21. The Kier molecular flexibility index (Phi) is 6.06. The Morgan fingerprint density at radius 1 is 1.03 bits per heavy atom. The Labute approximate surface area is 172 Å². The van der Waals surface area contributed by atoms with Gasteiger partial charge in [0.15, 0.2) is 0 Å². The van der Waals surface area contributed by atoms with Gasteiger partial charge in [0, 0.05) is 17.5 Å². The summed E-state index contributed by atoms with van der Waals surface area (Å²) < 4.78 is 14.9. The summed E-state index contributed by atoms with van der Waals surface area (Å²) in [6.07, 6.45) is 0.850. The standard InChI is InChI=1S/C22H21NO7/c1-28-17-9-8-13(12-6-4-5-7-14(12)17)15(10-18(24)29-2)19-20(25)16(22(27)30-3)11-23-21(19)26/h4-9,11,15H,10H2,1-3H3,(H2,23,25,26)/t15-/m0/s1. The van der Waals surface area contributed by atoms with Gasteiger partial charge in [-0.2, -0.15) is 0 Å². The molecule has 1 aromatic heterocycles. The number of fused-ring (bicyclic) bond motifs is 1. The largest absolute Gasteiger partial charge is 0.506 e. The molecule has 0 saturated heterocycles. The molecule has 0 aliphatic heterocycles. The first-order valence-corrected chi connectivity index (χ1v) is 9.08. The predicted octanol–water partition coefficient (Wildman–Crippen LogP) is 2.72. The van der Waals surface area contributed by atoms with E-state index in [-0.39, 0.29) is 17.5 Å². The molecule has 0 spiro atoms. The Bertz CT molecular complexity index is 1170. The van der Waals surface area contributed by atoms with E-state index in [9.17, 15) is 19.5 Å². The third kappa shape index (κ3) is 3.71. The van der Waals surface area contributed by atoms with Crippen molar-refractivity contribution in [2.24, 2.45) is 0 Å². The van der Waals surface area contributed by atoms with Crippen molar-refractivity contribution in [1.29, 1.82) is 0 Å². The van der Waals surface area contributed by atoms with Gasteiger partial charge >= 0.3 is 11.9 Å². The van der Waals surface area contributed by atoms with Crippen LogP contribution in [-0.4, -0.2) is 43.4 Å². The Morgan fingerprint density at radius 2 is 1.73 bits per heavy atom. The lowest BCUT2D eigenvalue weighted by molar-refractivity contribution is -0.140. The van der Waals surface area contributed by atoms with Crippen molar-refractivity contribution in [3.05, 3.63) is 69.6 Å². The second-order valence-electron chi connectivity index (χ2n) is 6.52. The third-order valence-electron chi connectivity index (χ3n) is 4.97. The van der Waals surface area contributed by atoms with E-state index >= 15 is 0 Å². The fourth-order valence-corrected chi connectivity index (χ4v) is 3.52. The van der Waals surface area contributed by atoms with Crippen LogP contribution in [0.2, 0.25) is 0 Å². The van der Waals surface area contributed by atoms with Crippen LogP contribution in [0.1, 0.15) is 33.8 Å². The van der Waals surface area contributed by atoms with Crippen LogP contribution in [0.4, 0.5) is 0 Å². The number of hydrogen-bond acceptors (Lipinski definition) is 7. The van der Waals surface area contributed by atoms with E-state index in [0.717, 1.165) is 24.1 Å². The Balaban J connectivity index is 2.32. The predicted molar refractivity (Wildman–Crippen MR) is 109 cm³/mol. The molecule has 156 valence electrons. The molecule has 8 nitrogen and oxygen atoms in total. The molecule has 2 aromatic carbocycles. The first-order chi connectivity index (χ1) is 14.4. The normalized spacial score (nSPS) is 11.7. The highest BCUT2D eigenvalue weighted by Crippen LogP contribution is 2.39. The van der Waals surface area contributed by atoms with Crippen LogP contribution in [-0.2, 0) is 14.3 Å². The van der Waals surface area contributed by atoms with Crippen LogP contribution < -0.4 is 10.3 Å². The molecule has 3 rings (SSSR count). The second kappa shape index (κ2) is 8.69. The molecule has 30 heavy (non-hydrogen) atoms. The summed E-state index contributed by atoms with van der Waals surface area (Å²) in [5, 5.41) is 12.3. The number of aromatic amines is 1. The average molecular weight is 411 g/mol. The van der Waals surface area contributed by atoms with Gasteiger partial charge < -0.3 is 24.3 Å². The molecule has 0 aliphatic rings. The summed E-state index contributed by atoms with van der Waals surface area (Å²) in [6.45, 7) is 0. The van der Waals surface area contributed by atoms with Gasteiger partial charge in [0.25, 0.3) is 5.56 Å². The lowest BCUT2D eigenvalue weighted by Crippen LogP contribution is -2.22.